The molecule has 0 aliphatic rings. The number of methoxy groups -OCH3 is 1. The number of aromatic nitrogens is 6. The number of ether oxygens (including phenoxy) is 1. The molecule has 0 unspecified atom stereocenters. The summed E-state index contributed by atoms with van der Waals surface area (Å²) in [4.78, 5) is 55.2. The summed E-state index contributed by atoms with van der Waals surface area (Å²) in [6, 6.07) is 12.1. The van der Waals surface area contributed by atoms with Crippen LogP contribution >= 0.6 is 12.2 Å². The molecular weight excluding hydrogens is 582 g/mol. The van der Waals surface area contributed by atoms with E-state index in [2.05, 4.69) is 45.7 Å². The standard InChI is InChI=1S/C30H33N9O4S/c1-43-29(41)18-35-30(42)25(38-27(40)20-39-19-21(17-36-39)22-8-2-5-12-31-22)10-4-7-14-34-28(44)16-26-33-15-11-24(37-26)23-9-3-6-13-32-23/h2-3,5-6,8-9,11-13,15,17,19,25H,4,7,10,14,16,18,20H2,1H3,(H,34,44)(H,35,42)(H,38,40)/t25-/m0/s1. The van der Waals surface area contributed by atoms with Gasteiger partial charge in [0.15, 0.2) is 0 Å². The van der Waals surface area contributed by atoms with E-state index in [-0.39, 0.29) is 13.1 Å². The first-order valence-corrected chi connectivity index (χ1v) is 14.4. The molecule has 4 aromatic heterocycles. The summed E-state index contributed by atoms with van der Waals surface area (Å²) in [6.45, 7) is 0.174. The Bertz CT molecular complexity index is 1550. The van der Waals surface area contributed by atoms with E-state index in [1.165, 1.54) is 11.8 Å². The number of thiocarbonyl (C=S) groups is 1. The van der Waals surface area contributed by atoms with Gasteiger partial charge in [0.05, 0.1) is 41.8 Å². The van der Waals surface area contributed by atoms with Crippen LogP contribution in [0.15, 0.2) is 73.4 Å². The van der Waals surface area contributed by atoms with E-state index < -0.39 is 23.8 Å². The molecule has 0 fully saturated rings. The molecule has 1 atom stereocenters. The molecule has 44 heavy (non-hydrogen) atoms. The molecule has 0 bridgehead atoms. The second-order valence-corrected chi connectivity index (χ2v) is 10.1. The van der Waals surface area contributed by atoms with Crippen LogP contribution in [0.25, 0.3) is 22.6 Å². The number of pyridine rings is 2. The number of amides is 2. The van der Waals surface area contributed by atoms with Crippen molar-refractivity contribution >= 4 is 35.0 Å². The normalized spacial score (nSPS) is 11.3. The van der Waals surface area contributed by atoms with Gasteiger partial charge in [-0.15, -0.1) is 0 Å². The summed E-state index contributed by atoms with van der Waals surface area (Å²) < 4.78 is 6.07. The lowest BCUT2D eigenvalue weighted by Crippen LogP contribution is -2.48. The van der Waals surface area contributed by atoms with Gasteiger partial charge in [-0.25, -0.2) is 9.97 Å². The summed E-state index contributed by atoms with van der Waals surface area (Å²) >= 11 is 5.48. The van der Waals surface area contributed by atoms with Crippen LogP contribution < -0.4 is 16.0 Å². The molecule has 0 aliphatic carbocycles. The smallest absolute Gasteiger partial charge is 0.325 e. The quantitative estimate of drug-likeness (QED) is 0.102. The van der Waals surface area contributed by atoms with Crippen LogP contribution in [0, 0.1) is 0 Å². The first kappa shape index (κ1) is 31.8. The van der Waals surface area contributed by atoms with E-state index >= 15 is 0 Å². The van der Waals surface area contributed by atoms with Crippen molar-refractivity contribution in [3.05, 3.63) is 79.3 Å². The predicted molar refractivity (Wildman–Crippen MR) is 166 cm³/mol. The van der Waals surface area contributed by atoms with Crippen LogP contribution in [-0.2, 0) is 32.1 Å². The van der Waals surface area contributed by atoms with Gasteiger partial charge in [-0.1, -0.05) is 24.4 Å². The zero-order chi connectivity index (χ0) is 31.1. The van der Waals surface area contributed by atoms with Crippen molar-refractivity contribution in [2.45, 2.75) is 38.3 Å². The van der Waals surface area contributed by atoms with Crippen LogP contribution in [0.4, 0.5) is 0 Å². The number of hydrogen-bond acceptors (Lipinski definition) is 10. The lowest BCUT2D eigenvalue weighted by Gasteiger charge is -2.18. The van der Waals surface area contributed by atoms with E-state index in [1.807, 2.05) is 36.4 Å². The Labute approximate surface area is 259 Å². The molecule has 4 heterocycles. The predicted octanol–water partition coefficient (Wildman–Crippen LogP) is 1.90. The fraction of sp³-hybridized carbons (Fsp3) is 0.300. The molecule has 228 valence electrons. The fourth-order valence-corrected chi connectivity index (χ4v) is 4.41. The lowest BCUT2D eigenvalue weighted by molar-refractivity contribution is -0.141. The van der Waals surface area contributed by atoms with Crippen molar-refractivity contribution in [3.63, 3.8) is 0 Å². The zero-order valence-electron chi connectivity index (χ0n) is 24.2. The maximum atomic E-state index is 12.8. The van der Waals surface area contributed by atoms with Crippen molar-refractivity contribution < 1.29 is 19.1 Å². The van der Waals surface area contributed by atoms with Crippen molar-refractivity contribution in [1.82, 2.24) is 45.7 Å². The first-order valence-electron chi connectivity index (χ1n) is 14.0. The summed E-state index contributed by atoms with van der Waals surface area (Å²) in [5.74, 6) is -0.882. The van der Waals surface area contributed by atoms with E-state index in [4.69, 9.17) is 12.2 Å². The molecule has 2 amide bonds. The summed E-state index contributed by atoms with van der Waals surface area (Å²) in [5.41, 5.74) is 2.98. The average Bonchev–Trinajstić information content (AvgIpc) is 3.52. The van der Waals surface area contributed by atoms with E-state index in [0.717, 1.165) is 22.6 Å². The Morgan fingerprint density at radius 1 is 0.932 bits per heavy atom. The monoisotopic (exact) mass is 615 g/mol. The van der Waals surface area contributed by atoms with Gasteiger partial charge in [0.25, 0.3) is 0 Å². The number of nitrogens with one attached hydrogen (secondary N) is 3. The van der Waals surface area contributed by atoms with Crippen molar-refractivity contribution in [2.24, 2.45) is 0 Å². The average molecular weight is 616 g/mol. The van der Waals surface area contributed by atoms with Crippen LogP contribution in [0.1, 0.15) is 25.1 Å². The molecule has 4 rings (SSSR count). The van der Waals surface area contributed by atoms with E-state index in [9.17, 15) is 14.4 Å². The van der Waals surface area contributed by atoms with Crippen molar-refractivity contribution in [2.75, 3.05) is 20.2 Å². The topological polar surface area (TPSA) is 166 Å². The van der Waals surface area contributed by atoms with Gasteiger partial charge in [0.2, 0.25) is 11.8 Å². The highest BCUT2D eigenvalue weighted by Crippen LogP contribution is 2.15. The second-order valence-electron chi connectivity index (χ2n) is 9.65. The van der Waals surface area contributed by atoms with Gasteiger partial charge >= 0.3 is 5.97 Å². The molecule has 0 spiro atoms. The minimum atomic E-state index is -0.854. The third-order valence-corrected chi connectivity index (χ3v) is 6.67. The number of carbonyl (C=O) groups excluding carboxylic acids is 3. The number of rotatable bonds is 15. The van der Waals surface area contributed by atoms with Crippen LogP contribution in [0.3, 0.4) is 0 Å². The lowest BCUT2D eigenvalue weighted by atomic mass is 10.1. The van der Waals surface area contributed by atoms with Crippen molar-refractivity contribution in [1.29, 1.82) is 0 Å². The third-order valence-electron chi connectivity index (χ3n) is 6.38. The van der Waals surface area contributed by atoms with Crippen molar-refractivity contribution in [3.8, 4) is 22.6 Å². The van der Waals surface area contributed by atoms with E-state index in [1.54, 1.807) is 37.1 Å². The SMILES string of the molecule is COC(=O)CNC(=O)[C@H](CCCCNC(=S)Cc1nccc(-c2ccccn2)n1)NC(=O)Cn1cc(-c2ccccn2)cn1. The Balaban J connectivity index is 1.25. The third kappa shape index (κ3) is 10.0. The van der Waals surface area contributed by atoms with Crippen LogP contribution in [0.2, 0.25) is 0 Å². The second kappa shape index (κ2) is 16.5. The molecule has 13 nitrogen and oxygen atoms in total. The van der Waals surface area contributed by atoms with Gasteiger partial charge in [-0.3, -0.25) is 29.0 Å². The fourth-order valence-electron chi connectivity index (χ4n) is 4.17. The Hall–Kier alpha value is -5.11. The summed E-state index contributed by atoms with van der Waals surface area (Å²) in [5, 5.41) is 12.7. The Kier molecular flexibility index (Phi) is 11.9. The molecular formula is C30H33N9O4S. The number of carbonyl (C=O) groups is 3. The minimum absolute atomic E-state index is 0.0902. The molecule has 4 aromatic rings. The molecule has 0 aliphatic heterocycles. The highest BCUT2D eigenvalue weighted by atomic mass is 32.1. The number of nitrogens with zero attached hydrogens (tertiary/aromatic N) is 6. The number of esters is 1. The molecule has 0 aromatic carbocycles. The molecule has 0 radical (unpaired) electrons. The maximum Gasteiger partial charge on any atom is 0.325 e. The number of unbranched alkanes of at least 4 members (excludes halogenated alkanes) is 1. The Morgan fingerprint density at radius 2 is 1.70 bits per heavy atom. The molecule has 3 N–H and O–H groups in total. The van der Waals surface area contributed by atoms with Gasteiger partial charge in [-0.05, 0) is 49.6 Å². The highest BCUT2D eigenvalue weighted by molar-refractivity contribution is 7.80. The highest BCUT2D eigenvalue weighted by Gasteiger charge is 2.21. The molecule has 0 saturated carbocycles. The maximum absolute atomic E-state index is 12.8. The molecule has 14 heteroatoms. The minimum Gasteiger partial charge on any atom is -0.468 e. The number of hydrogen-bond donors (Lipinski definition) is 3. The van der Waals surface area contributed by atoms with Crippen LogP contribution in [0.5, 0.6) is 0 Å². The Morgan fingerprint density at radius 3 is 2.43 bits per heavy atom. The van der Waals surface area contributed by atoms with Gasteiger partial charge in [0.1, 0.15) is 25.0 Å². The van der Waals surface area contributed by atoms with Crippen LogP contribution in [-0.4, -0.2) is 78.7 Å². The van der Waals surface area contributed by atoms with Gasteiger partial charge in [0, 0.05) is 36.9 Å². The van der Waals surface area contributed by atoms with Gasteiger partial charge < -0.3 is 20.7 Å². The van der Waals surface area contributed by atoms with Gasteiger partial charge in [-0.2, -0.15) is 5.10 Å². The largest absolute Gasteiger partial charge is 0.468 e. The summed E-state index contributed by atoms with van der Waals surface area (Å²) in [7, 11) is 1.23. The van der Waals surface area contributed by atoms with E-state index in [0.29, 0.717) is 43.0 Å². The molecule has 0 saturated heterocycles. The first-order chi connectivity index (χ1) is 21.4. The zero-order valence-corrected chi connectivity index (χ0v) is 25.0. The summed E-state index contributed by atoms with van der Waals surface area (Å²) in [6.07, 6.45) is 10.4.